The molecule has 6 nitrogen and oxygen atoms in total. The predicted octanol–water partition coefficient (Wildman–Crippen LogP) is 3.82. The molecule has 31 heavy (non-hydrogen) atoms. The minimum atomic E-state index is -4.54. The number of hydrogen-bond acceptors (Lipinski definition) is 5. The van der Waals surface area contributed by atoms with Crippen LogP contribution in [0.3, 0.4) is 0 Å². The Hall–Kier alpha value is -3.76. The van der Waals surface area contributed by atoms with Crippen LogP contribution < -0.4 is 10.1 Å². The van der Waals surface area contributed by atoms with Crippen molar-refractivity contribution < 1.29 is 45.8 Å². The molecule has 0 bridgehead atoms. The number of nitrogens with one attached hydrogen (secondary N) is 1. The van der Waals surface area contributed by atoms with Gasteiger partial charge in [-0.3, -0.25) is 14.9 Å². The fourth-order valence-corrected chi connectivity index (χ4v) is 2.19. The van der Waals surface area contributed by atoms with Gasteiger partial charge in [-0.25, -0.2) is 4.79 Å². The van der Waals surface area contributed by atoms with Crippen LogP contribution in [-0.4, -0.2) is 31.0 Å². The van der Waals surface area contributed by atoms with Crippen molar-refractivity contribution in [2.75, 3.05) is 6.61 Å². The summed E-state index contributed by atoms with van der Waals surface area (Å²) < 4.78 is 70.8. The van der Waals surface area contributed by atoms with E-state index in [1.165, 1.54) is 12.1 Å². The van der Waals surface area contributed by atoms with Crippen molar-refractivity contribution in [3.63, 3.8) is 0 Å². The van der Waals surface area contributed by atoms with Gasteiger partial charge < -0.3 is 9.47 Å². The maximum absolute atomic E-state index is 12.6. The smallest absolute Gasteiger partial charge is 0.416 e. The largest absolute Gasteiger partial charge is 0.452 e. The third-order valence-electron chi connectivity index (χ3n) is 3.57. The van der Waals surface area contributed by atoms with Crippen LogP contribution in [-0.2, 0) is 20.5 Å². The number of alkyl halides is 5. The molecule has 11 heteroatoms. The topological polar surface area (TPSA) is 81.7 Å². The molecule has 0 fully saturated rings. The van der Waals surface area contributed by atoms with Crippen LogP contribution in [0.25, 0.3) is 6.08 Å². The molecule has 0 aliphatic rings. The van der Waals surface area contributed by atoms with Crippen molar-refractivity contribution >= 4 is 23.9 Å². The highest BCUT2D eigenvalue weighted by Gasteiger charge is 2.30. The zero-order valence-corrected chi connectivity index (χ0v) is 15.5. The van der Waals surface area contributed by atoms with Gasteiger partial charge in [0.2, 0.25) is 0 Å². The molecule has 0 atom stereocenters. The summed E-state index contributed by atoms with van der Waals surface area (Å²) in [6.45, 7) is -3.86. The SMILES string of the molecule is O=C(COC(=O)/C=C/c1cccc(C(F)(F)F)c1)NC(=O)c1ccc(OC(F)F)cc1. The van der Waals surface area contributed by atoms with Crippen LogP contribution in [0.1, 0.15) is 21.5 Å². The van der Waals surface area contributed by atoms with Crippen LogP contribution in [0.5, 0.6) is 5.75 Å². The summed E-state index contributed by atoms with van der Waals surface area (Å²) in [4.78, 5) is 35.2. The molecule has 2 rings (SSSR count). The first-order valence-electron chi connectivity index (χ1n) is 8.46. The van der Waals surface area contributed by atoms with Crippen LogP contribution in [0.15, 0.2) is 54.6 Å². The van der Waals surface area contributed by atoms with Crippen molar-refractivity contribution in [2.24, 2.45) is 0 Å². The lowest BCUT2D eigenvalue weighted by Gasteiger charge is -2.07. The van der Waals surface area contributed by atoms with E-state index in [1.807, 2.05) is 5.32 Å². The first-order valence-corrected chi connectivity index (χ1v) is 8.46. The van der Waals surface area contributed by atoms with E-state index < -0.39 is 42.7 Å². The zero-order valence-electron chi connectivity index (χ0n) is 15.5. The summed E-state index contributed by atoms with van der Waals surface area (Å²) in [5, 5.41) is 1.92. The first-order chi connectivity index (χ1) is 14.5. The van der Waals surface area contributed by atoms with Gasteiger partial charge in [0.1, 0.15) is 5.75 Å². The van der Waals surface area contributed by atoms with Gasteiger partial charge in [0.15, 0.2) is 6.61 Å². The summed E-state index contributed by atoms with van der Waals surface area (Å²) in [6.07, 6.45) is -2.64. The molecule has 0 aliphatic carbocycles. The van der Waals surface area contributed by atoms with Gasteiger partial charge in [-0.2, -0.15) is 22.0 Å². The Morgan fingerprint density at radius 1 is 1.03 bits per heavy atom. The predicted molar refractivity (Wildman–Crippen MR) is 97.0 cm³/mol. The van der Waals surface area contributed by atoms with E-state index in [-0.39, 0.29) is 16.9 Å². The fourth-order valence-electron chi connectivity index (χ4n) is 2.19. The molecule has 0 heterocycles. The van der Waals surface area contributed by atoms with Crippen LogP contribution in [0.2, 0.25) is 0 Å². The highest BCUT2D eigenvalue weighted by Crippen LogP contribution is 2.29. The molecule has 0 saturated heterocycles. The van der Waals surface area contributed by atoms with Gasteiger partial charge in [0.05, 0.1) is 5.56 Å². The molecule has 164 valence electrons. The standard InChI is InChI=1S/C20H14F5NO5/c21-19(22)31-15-7-5-13(6-8-15)18(29)26-16(27)11-30-17(28)9-4-12-2-1-3-14(10-12)20(23,24)25/h1-10,19H,11H2,(H,26,27,29)/b9-4+. The number of rotatable bonds is 7. The van der Waals surface area contributed by atoms with Gasteiger partial charge in [-0.1, -0.05) is 12.1 Å². The number of carbonyl (C=O) groups is 3. The Morgan fingerprint density at radius 3 is 2.32 bits per heavy atom. The summed E-state index contributed by atoms with van der Waals surface area (Å²) >= 11 is 0. The van der Waals surface area contributed by atoms with E-state index in [1.54, 1.807) is 0 Å². The first kappa shape index (κ1) is 23.5. The van der Waals surface area contributed by atoms with Gasteiger partial charge >= 0.3 is 18.8 Å². The molecule has 0 aliphatic heterocycles. The summed E-state index contributed by atoms with van der Waals surface area (Å²) in [7, 11) is 0. The van der Waals surface area contributed by atoms with E-state index in [2.05, 4.69) is 9.47 Å². The van der Waals surface area contributed by atoms with E-state index in [0.29, 0.717) is 0 Å². The molecular weight excluding hydrogens is 429 g/mol. The van der Waals surface area contributed by atoms with Gasteiger partial charge in [-0.05, 0) is 48.0 Å². The number of imide groups is 1. The zero-order chi connectivity index (χ0) is 23.0. The lowest BCUT2D eigenvalue weighted by Crippen LogP contribution is -2.34. The molecule has 2 amide bonds. The highest BCUT2D eigenvalue weighted by atomic mass is 19.4. The number of esters is 1. The third kappa shape index (κ3) is 7.88. The Morgan fingerprint density at radius 2 is 1.71 bits per heavy atom. The number of ether oxygens (including phenoxy) is 2. The normalized spacial score (nSPS) is 11.4. The molecule has 2 aromatic carbocycles. The minimum Gasteiger partial charge on any atom is -0.452 e. The number of amides is 2. The van der Waals surface area contributed by atoms with Crippen LogP contribution >= 0.6 is 0 Å². The second kappa shape index (κ2) is 10.3. The average Bonchev–Trinajstić information content (AvgIpc) is 2.70. The van der Waals surface area contributed by atoms with E-state index >= 15 is 0 Å². The summed E-state index contributed by atoms with van der Waals surface area (Å²) in [5.74, 6) is -3.05. The van der Waals surface area contributed by atoms with Crippen LogP contribution in [0, 0.1) is 0 Å². The van der Waals surface area contributed by atoms with Crippen LogP contribution in [0.4, 0.5) is 22.0 Å². The number of benzene rings is 2. The number of carbonyl (C=O) groups excluding carboxylic acids is 3. The lowest BCUT2D eigenvalue weighted by atomic mass is 10.1. The van der Waals surface area contributed by atoms with Crippen molar-refractivity contribution in [3.8, 4) is 5.75 Å². The maximum atomic E-state index is 12.6. The van der Waals surface area contributed by atoms with E-state index in [9.17, 15) is 36.3 Å². The quantitative estimate of drug-likeness (QED) is 0.400. The van der Waals surface area contributed by atoms with E-state index in [0.717, 1.165) is 48.6 Å². The Balaban J connectivity index is 1.83. The molecule has 0 unspecified atom stereocenters. The molecular formula is C20H14F5NO5. The molecule has 2 aromatic rings. The third-order valence-corrected chi connectivity index (χ3v) is 3.57. The van der Waals surface area contributed by atoms with Crippen molar-refractivity contribution in [1.29, 1.82) is 0 Å². The minimum absolute atomic E-state index is 0.0364. The molecule has 0 aromatic heterocycles. The summed E-state index contributed by atoms with van der Waals surface area (Å²) in [5.41, 5.74) is -0.842. The van der Waals surface area contributed by atoms with Gasteiger partial charge in [-0.15, -0.1) is 0 Å². The molecule has 0 radical (unpaired) electrons. The second-order valence-electron chi connectivity index (χ2n) is 5.84. The molecule has 1 N–H and O–H groups in total. The second-order valence-corrected chi connectivity index (χ2v) is 5.84. The maximum Gasteiger partial charge on any atom is 0.416 e. The van der Waals surface area contributed by atoms with Crippen molar-refractivity contribution in [1.82, 2.24) is 5.32 Å². The van der Waals surface area contributed by atoms with Gasteiger partial charge in [0, 0.05) is 11.6 Å². The van der Waals surface area contributed by atoms with Crippen molar-refractivity contribution in [3.05, 3.63) is 71.3 Å². The molecule has 0 spiro atoms. The number of halogens is 5. The fraction of sp³-hybridized carbons (Fsp3) is 0.150. The Labute approximate surface area is 172 Å². The number of hydrogen-bond donors (Lipinski definition) is 1. The van der Waals surface area contributed by atoms with Crippen molar-refractivity contribution in [2.45, 2.75) is 12.8 Å². The monoisotopic (exact) mass is 443 g/mol. The summed E-state index contributed by atoms with van der Waals surface area (Å²) in [6, 6.07) is 8.69. The highest BCUT2D eigenvalue weighted by molar-refractivity contribution is 6.05. The molecule has 0 saturated carbocycles. The Kier molecular flexibility index (Phi) is 7.83. The lowest BCUT2D eigenvalue weighted by molar-refractivity contribution is -0.143. The van der Waals surface area contributed by atoms with Gasteiger partial charge in [0.25, 0.3) is 11.8 Å². The Bertz CT molecular complexity index is 971. The van der Waals surface area contributed by atoms with E-state index in [4.69, 9.17) is 0 Å². The average molecular weight is 443 g/mol.